The van der Waals surface area contributed by atoms with Crippen molar-refractivity contribution in [1.82, 2.24) is 5.32 Å². The molecule has 0 aliphatic heterocycles. The molecule has 0 unspecified atom stereocenters. The second-order valence-electron chi connectivity index (χ2n) is 5.50. The van der Waals surface area contributed by atoms with Crippen LogP contribution in [0.4, 0.5) is 5.69 Å². The fourth-order valence-electron chi connectivity index (χ4n) is 2.16. The Kier molecular flexibility index (Phi) is 4.65. The highest BCUT2D eigenvalue weighted by atomic mass is 16.5. The van der Waals surface area contributed by atoms with E-state index in [4.69, 9.17) is 9.15 Å². The van der Waals surface area contributed by atoms with Gasteiger partial charge < -0.3 is 19.8 Å². The summed E-state index contributed by atoms with van der Waals surface area (Å²) in [6.07, 6.45) is 6.42. The fourth-order valence-corrected chi connectivity index (χ4v) is 2.16. The Morgan fingerprint density at radius 3 is 2.79 bits per heavy atom. The lowest BCUT2D eigenvalue weighted by atomic mass is 10.1. The zero-order valence-electron chi connectivity index (χ0n) is 13.2. The number of furan rings is 1. The van der Waals surface area contributed by atoms with E-state index in [9.17, 15) is 9.59 Å². The second kappa shape index (κ2) is 7.04. The van der Waals surface area contributed by atoms with Gasteiger partial charge in [-0.3, -0.25) is 9.59 Å². The van der Waals surface area contributed by atoms with E-state index in [-0.39, 0.29) is 17.9 Å². The van der Waals surface area contributed by atoms with E-state index < -0.39 is 0 Å². The normalized spacial score (nSPS) is 13.7. The van der Waals surface area contributed by atoms with Crippen LogP contribution < -0.4 is 15.4 Å². The molecule has 1 aromatic heterocycles. The van der Waals surface area contributed by atoms with E-state index in [0.717, 1.165) is 12.8 Å². The van der Waals surface area contributed by atoms with E-state index in [1.165, 1.54) is 19.4 Å². The average Bonchev–Trinajstić information content (AvgIpc) is 3.24. The predicted molar refractivity (Wildman–Crippen MR) is 89.9 cm³/mol. The molecule has 0 spiro atoms. The average molecular weight is 326 g/mol. The predicted octanol–water partition coefficient (Wildman–Crippen LogP) is 2.83. The number of carbonyl (C=O) groups is 2. The minimum Gasteiger partial charge on any atom is -0.497 e. The number of hydrogen-bond acceptors (Lipinski definition) is 4. The first kappa shape index (κ1) is 15.9. The van der Waals surface area contributed by atoms with Crippen LogP contribution in [-0.2, 0) is 4.79 Å². The molecule has 1 heterocycles. The molecule has 1 aliphatic carbocycles. The number of anilines is 1. The largest absolute Gasteiger partial charge is 0.497 e. The number of nitrogens with one attached hydrogen (secondary N) is 2. The van der Waals surface area contributed by atoms with Gasteiger partial charge in [0.2, 0.25) is 5.91 Å². The monoisotopic (exact) mass is 326 g/mol. The molecule has 2 amide bonds. The van der Waals surface area contributed by atoms with Crippen LogP contribution >= 0.6 is 0 Å². The Balaban J connectivity index is 1.75. The third-order valence-electron chi connectivity index (χ3n) is 3.58. The maximum Gasteiger partial charge on any atom is 0.253 e. The molecule has 24 heavy (non-hydrogen) atoms. The zero-order chi connectivity index (χ0) is 16.9. The smallest absolute Gasteiger partial charge is 0.253 e. The third kappa shape index (κ3) is 4.04. The van der Waals surface area contributed by atoms with Gasteiger partial charge >= 0.3 is 0 Å². The molecule has 3 rings (SSSR count). The van der Waals surface area contributed by atoms with Crippen LogP contribution in [0.15, 0.2) is 47.1 Å². The minimum atomic E-state index is -0.350. The zero-order valence-corrected chi connectivity index (χ0v) is 13.2. The van der Waals surface area contributed by atoms with Crippen molar-refractivity contribution in [2.24, 2.45) is 0 Å². The highest BCUT2D eigenvalue weighted by Crippen LogP contribution is 2.25. The summed E-state index contributed by atoms with van der Waals surface area (Å²) in [5.41, 5.74) is 0.809. The Morgan fingerprint density at radius 1 is 1.29 bits per heavy atom. The molecule has 0 bridgehead atoms. The lowest BCUT2D eigenvalue weighted by Crippen LogP contribution is -2.26. The van der Waals surface area contributed by atoms with Crippen molar-refractivity contribution in [3.63, 3.8) is 0 Å². The van der Waals surface area contributed by atoms with Crippen LogP contribution in [0, 0.1) is 0 Å². The van der Waals surface area contributed by atoms with Crippen molar-refractivity contribution < 1.29 is 18.7 Å². The molecule has 2 N–H and O–H groups in total. The summed E-state index contributed by atoms with van der Waals surface area (Å²) < 4.78 is 10.3. The Hall–Kier alpha value is -3.02. The lowest BCUT2D eigenvalue weighted by Gasteiger charge is -2.12. The molecule has 1 fully saturated rings. The molecule has 1 aliphatic rings. The van der Waals surface area contributed by atoms with E-state index in [0.29, 0.717) is 22.8 Å². The number of benzene rings is 1. The molecule has 0 radical (unpaired) electrons. The number of methoxy groups -OCH3 is 1. The summed E-state index contributed by atoms with van der Waals surface area (Å²) >= 11 is 0. The van der Waals surface area contributed by atoms with Crippen LogP contribution in [0.1, 0.15) is 29.0 Å². The van der Waals surface area contributed by atoms with Crippen molar-refractivity contribution in [1.29, 1.82) is 0 Å². The first-order valence-electron chi connectivity index (χ1n) is 7.67. The highest BCUT2D eigenvalue weighted by Gasteiger charge is 2.25. The van der Waals surface area contributed by atoms with Gasteiger partial charge in [-0.2, -0.15) is 0 Å². The maximum absolute atomic E-state index is 12.4. The number of carbonyl (C=O) groups excluding carboxylic acids is 2. The molecule has 0 saturated heterocycles. The number of rotatable bonds is 6. The lowest BCUT2D eigenvalue weighted by molar-refractivity contribution is -0.111. The molecule has 2 aromatic rings. The van der Waals surface area contributed by atoms with Gasteiger partial charge in [0.25, 0.3) is 5.91 Å². The molecule has 124 valence electrons. The number of ether oxygens (including phenoxy) is 1. The summed E-state index contributed by atoms with van der Waals surface area (Å²) in [4.78, 5) is 24.4. The third-order valence-corrected chi connectivity index (χ3v) is 3.58. The van der Waals surface area contributed by atoms with Crippen molar-refractivity contribution in [2.75, 3.05) is 12.4 Å². The van der Waals surface area contributed by atoms with Gasteiger partial charge in [0.15, 0.2) is 0 Å². The van der Waals surface area contributed by atoms with Crippen molar-refractivity contribution in [2.45, 2.75) is 18.9 Å². The Morgan fingerprint density at radius 2 is 2.12 bits per heavy atom. The molecular formula is C18H18N2O4. The fraction of sp³-hybridized carbons (Fsp3) is 0.222. The standard InChI is InChI=1S/C18H18N2O4/c1-23-14-6-8-16(15(11-14)18(22)19-12-4-5-12)20-17(21)9-7-13-3-2-10-24-13/h2-3,6-12H,4-5H2,1H3,(H,19,22)(H,20,21)/b9-7+. The second-order valence-corrected chi connectivity index (χ2v) is 5.50. The van der Waals surface area contributed by atoms with Crippen LogP contribution in [0.2, 0.25) is 0 Å². The highest BCUT2D eigenvalue weighted by molar-refractivity contribution is 6.07. The van der Waals surface area contributed by atoms with Gasteiger partial charge in [-0.05, 0) is 49.2 Å². The van der Waals surface area contributed by atoms with Crippen molar-refractivity contribution >= 4 is 23.6 Å². The quantitative estimate of drug-likeness (QED) is 0.800. The summed E-state index contributed by atoms with van der Waals surface area (Å²) in [5, 5.41) is 5.63. The van der Waals surface area contributed by atoms with Crippen molar-refractivity contribution in [3.8, 4) is 5.75 Å². The van der Waals surface area contributed by atoms with Crippen LogP contribution in [0.25, 0.3) is 6.08 Å². The Bertz CT molecular complexity index is 761. The first-order valence-corrected chi connectivity index (χ1v) is 7.67. The number of amides is 2. The van der Waals surface area contributed by atoms with Gasteiger partial charge in [-0.25, -0.2) is 0 Å². The van der Waals surface area contributed by atoms with Gasteiger partial charge in [0, 0.05) is 12.1 Å². The Labute approximate surface area is 139 Å². The summed E-state index contributed by atoms with van der Waals surface area (Å²) in [5.74, 6) is 0.561. The topological polar surface area (TPSA) is 80.6 Å². The first-order chi connectivity index (χ1) is 11.7. The molecular weight excluding hydrogens is 308 g/mol. The molecule has 1 aromatic carbocycles. The van der Waals surface area contributed by atoms with Crippen molar-refractivity contribution in [3.05, 3.63) is 54.0 Å². The molecule has 0 atom stereocenters. The van der Waals surface area contributed by atoms with E-state index in [2.05, 4.69) is 10.6 Å². The van der Waals surface area contributed by atoms with Gasteiger partial charge in [0.1, 0.15) is 11.5 Å². The SMILES string of the molecule is COc1ccc(NC(=O)/C=C/c2ccco2)c(C(=O)NC2CC2)c1. The summed E-state index contributed by atoms with van der Waals surface area (Å²) in [6.45, 7) is 0. The van der Waals surface area contributed by atoms with Crippen LogP contribution in [0.5, 0.6) is 5.75 Å². The summed E-state index contributed by atoms with van der Waals surface area (Å²) in [7, 11) is 1.53. The van der Waals surface area contributed by atoms with E-state index in [1.54, 1.807) is 36.4 Å². The number of hydrogen-bond donors (Lipinski definition) is 2. The van der Waals surface area contributed by atoms with E-state index in [1.807, 2.05) is 0 Å². The molecule has 6 heteroatoms. The van der Waals surface area contributed by atoms with Crippen LogP contribution in [0.3, 0.4) is 0 Å². The van der Waals surface area contributed by atoms with Gasteiger partial charge in [-0.15, -0.1) is 0 Å². The van der Waals surface area contributed by atoms with Gasteiger partial charge in [0.05, 0.1) is 24.6 Å². The van der Waals surface area contributed by atoms with Gasteiger partial charge in [-0.1, -0.05) is 0 Å². The van der Waals surface area contributed by atoms with E-state index >= 15 is 0 Å². The maximum atomic E-state index is 12.4. The molecule has 1 saturated carbocycles. The minimum absolute atomic E-state index is 0.221. The van der Waals surface area contributed by atoms with Crippen LogP contribution in [-0.4, -0.2) is 25.0 Å². The summed E-state index contributed by atoms with van der Waals surface area (Å²) in [6, 6.07) is 8.67. The molecule has 6 nitrogen and oxygen atoms in total.